The van der Waals surface area contributed by atoms with Crippen molar-refractivity contribution < 1.29 is 9.53 Å². The molecule has 1 heterocycles. The summed E-state index contributed by atoms with van der Waals surface area (Å²) in [6.07, 6.45) is 9.88. The molecule has 0 saturated heterocycles. The molecule has 0 bridgehead atoms. The minimum atomic E-state index is -0.536. The number of aliphatic imine (C=N–C) groups is 2. The maximum absolute atomic E-state index is 12.6. The number of nitrogens with zero attached hydrogens (tertiary/aromatic N) is 2. The van der Waals surface area contributed by atoms with Gasteiger partial charge in [0.1, 0.15) is 11.4 Å². The van der Waals surface area contributed by atoms with Gasteiger partial charge in [-0.1, -0.05) is 19.3 Å². The third-order valence-electron chi connectivity index (χ3n) is 5.65. The van der Waals surface area contributed by atoms with Crippen LogP contribution in [0, 0.1) is 6.92 Å². The third-order valence-corrected chi connectivity index (χ3v) is 5.65. The lowest BCUT2D eigenvalue weighted by molar-refractivity contribution is -0.137. The zero-order valence-electron chi connectivity index (χ0n) is 19.6. The van der Waals surface area contributed by atoms with E-state index in [2.05, 4.69) is 20.3 Å². The van der Waals surface area contributed by atoms with Crippen LogP contribution < -0.4 is 22.3 Å². The lowest BCUT2D eigenvalue weighted by atomic mass is 9.95. The molecular formula is C25H32N6O3. The minimum absolute atomic E-state index is 0.131. The van der Waals surface area contributed by atoms with E-state index in [1.54, 1.807) is 31.3 Å². The number of aromatic amines is 1. The summed E-state index contributed by atoms with van der Waals surface area (Å²) in [6, 6.07) is 7.45. The summed E-state index contributed by atoms with van der Waals surface area (Å²) >= 11 is 0. The number of carbonyl (C=O) groups is 1. The van der Waals surface area contributed by atoms with Gasteiger partial charge in [0, 0.05) is 24.7 Å². The van der Waals surface area contributed by atoms with Crippen LogP contribution in [0.4, 0.5) is 17.1 Å². The number of nitrogens with one attached hydrogen (secondary N) is 2. The number of carbonyl (C=O) groups excluding carboxylic acids is 1. The van der Waals surface area contributed by atoms with Gasteiger partial charge in [0.05, 0.1) is 29.2 Å². The van der Waals surface area contributed by atoms with Crippen molar-refractivity contribution in [1.29, 1.82) is 0 Å². The van der Waals surface area contributed by atoms with Crippen LogP contribution in [0.15, 0.2) is 57.0 Å². The Bertz CT molecular complexity index is 1160. The highest BCUT2D eigenvalue weighted by molar-refractivity contribution is 6.10. The standard InChI is InChI=1S/C25H32N6O3/c1-3-34-25(33)17(14-26)15-29-20-10-9-19(13-16(20)2)31-23(27)22-21(11-12-28-24(22)32)30-18-7-5-4-6-8-18/h9-15,18H,3-8,26H2,1-2H3,(H2,27,31)(H2,28,30,32). The van der Waals surface area contributed by atoms with Crippen LogP contribution in [-0.2, 0) is 9.53 Å². The van der Waals surface area contributed by atoms with E-state index in [0.717, 1.165) is 24.6 Å². The molecule has 34 heavy (non-hydrogen) atoms. The Morgan fingerprint density at radius 1 is 1.26 bits per heavy atom. The van der Waals surface area contributed by atoms with Crippen LogP contribution in [-0.4, -0.2) is 35.7 Å². The molecule has 0 amide bonds. The van der Waals surface area contributed by atoms with Gasteiger partial charge < -0.3 is 26.5 Å². The average molecular weight is 465 g/mol. The van der Waals surface area contributed by atoms with E-state index in [9.17, 15) is 9.59 Å². The molecule has 1 aliphatic carbocycles. The van der Waals surface area contributed by atoms with Gasteiger partial charge in [0.2, 0.25) is 0 Å². The normalized spacial score (nSPS) is 15.5. The van der Waals surface area contributed by atoms with Crippen LogP contribution in [0.5, 0.6) is 0 Å². The summed E-state index contributed by atoms with van der Waals surface area (Å²) in [7, 11) is 0. The van der Waals surface area contributed by atoms with Crippen molar-refractivity contribution in [3.63, 3.8) is 0 Å². The third kappa shape index (κ3) is 6.34. The molecule has 2 aromatic rings. The van der Waals surface area contributed by atoms with Crippen molar-refractivity contribution in [3.05, 3.63) is 63.7 Å². The van der Waals surface area contributed by atoms with Crippen LogP contribution >= 0.6 is 0 Å². The summed E-state index contributed by atoms with van der Waals surface area (Å²) in [5.74, 6) is -0.405. The number of amidine groups is 1. The Kier molecular flexibility index (Phi) is 8.61. The van der Waals surface area contributed by atoms with Crippen LogP contribution in [0.3, 0.4) is 0 Å². The number of aromatic nitrogens is 1. The molecule has 3 rings (SSSR count). The van der Waals surface area contributed by atoms with E-state index in [0.29, 0.717) is 28.7 Å². The highest BCUT2D eigenvalue weighted by atomic mass is 16.5. The van der Waals surface area contributed by atoms with Crippen molar-refractivity contribution in [3.8, 4) is 0 Å². The van der Waals surface area contributed by atoms with Crippen LogP contribution in [0.2, 0.25) is 0 Å². The number of pyridine rings is 1. The molecule has 9 nitrogen and oxygen atoms in total. The van der Waals surface area contributed by atoms with Gasteiger partial charge in [0.25, 0.3) is 5.56 Å². The molecule has 180 valence electrons. The van der Waals surface area contributed by atoms with Gasteiger partial charge in [-0.3, -0.25) is 9.79 Å². The van der Waals surface area contributed by atoms with E-state index >= 15 is 0 Å². The maximum atomic E-state index is 12.6. The molecule has 1 saturated carbocycles. The Balaban J connectivity index is 1.82. The molecule has 0 radical (unpaired) electrons. The molecule has 1 aromatic carbocycles. The molecule has 1 aliphatic rings. The summed E-state index contributed by atoms with van der Waals surface area (Å²) in [5, 5.41) is 3.48. The first-order valence-corrected chi connectivity index (χ1v) is 11.5. The quantitative estimate of drug-likeness (QED) is 0.203. The molecule has 1 fully saturated rings. The van der Waals surface area contributed by atoms with Gasteiger partial charge in [-0.05, 0) is 56.5 Å². The molecule has 0 unspecified atom stereocenters. The van der Waals surface area contributed by atoms with Gasteiger partial charge in [-0.15, -0.1) is 0 Å². The van der Waals surface area contributed by atoms with Crippen molar-refractivity contribution in [2.75, 3.05) is 11.9 Å². The molecular weight excluding hydrogens is 432 g/mol. The van der Waals surface area contributed by atoms with Gasteiger partial charge >= 0.3 is 5.97 Å². The highest BCUT2D eigenvalue weighted by Gasteiger charge is 2.18. The number of hydrogen-bond acceptors (Lipinski definition) is 7. The zero-order chi connectivity index (χ0) is 24.5. The Hall–Kier alpha value is -3.88. The van der Waals surface area contributed by atoms with E-state index in [1.165, 1.54) is 25.5 Å². The summed E-state index contributed by atoms with van der Waals surface area (Å²) in [6.45, 7) is 3.83. The van der Waals surface area contributed by atoms with Crippen molar-refractivity contribution in [1.82, 2.24) is 4.98 Å². The average Bonchev–Trinajstić information content (AvgIpc) is 2.81. The second-order valence-electron chi connectivity index (χ2n) is 8.14. The number of ether oxygens (including phenoxy) is 1. The first-order valence-electron chi connectivity index (χ1n) is 11.5. The van der Waals surface area contributed by atoms with Crippen LogP contribution in [0.25, 0.3) is 0 Å². The Labute approximate surface area is 199 Å². The maximum Gasteiger partial charge on any atom is 0.341 e. The van der Waals surface area contributed by atoms with E-state index < -0.39 is 5.97 Å². The van der Waals surface area contributed by atoms with Gasteiger partial charge in [0.15, 0.2) is 0 Å². The molecule has 0 spiro atoms. The predicted molar refractivity (Wildman–Crippen MR) is 136 cm³/mol. The van der Waals surface area contributed by atoms with Crippen molar-refractivity contribution >= 4 is 35.1 Å². The molecule has 0 aliphatic heterocycles. The largest absolute Gasteiger partial charge is 0.462 e. The Morgan fingerprint density at radius 3 is 2.71 bits per heavy atom. The zero-order valence-corrected chi connectivity index (χ0v) is 19.6. The van der Waals surface area contributed by atoms with E-state index in [-0.39, 0.29) is 23.6 Å². The second kappa shape index (κ2) is 11.8. The number of esters is 1. The highest BCUT2D eigenvalue weighted by Crippen LogP contribution is 2.26. The summed E-state index contributed by atoms with van der Waals surface area (Å²) in [5.41, 5.74) is 14.7. The monoisotopic (exact) mass is 464 g/mol. The van der Waals surface area contributed by atoms with E-state index in [1.807, 2.05) is 13.0 Å². The van der Waals surface area contributed by atoms with Gasteiger partial charge in [-0.25, -0.2) is 9.79 Å². The summed E-state index contributed by atoms with van der Waals surface area (Å²) < 4.78 is 4.94. The number of H-pyrrole nitrogens is 1. The molecule has 1 aromatic heterocycles. The second-order valence-corrected chi connectivity index (χ2v) is 8.14. The first kappa shape index (κ1) is 24.8. The van der Waals surface area contributed by atoms with Gasteiger partial charge in [-0.2, -0.15) is 0 Å². The summed E-state index contributed by atoms with van der Waals surface area (Å²) in [4.78, 5) is 35.9. The van der Waals surface area contributed by atoms with Crippen LogP contribution in [0.1, 0.15) is 50.2 Å². The van der Waals surface area contributed by atoms with Crippen molar-refractivity contribution in [2.45, 2.75) is 52.0 Å². The fourth-order valence-electron chi connectivity index (χ4n) is 3.89. The predicted octanol–water partition coefficient (Wildman–Crippen LogP) is 3.57. The number of anilines is 1. The smallest absolute Gasteiger partial charge is 0.341 e. The molecule has 6 N–H and O–H groups in total. The minimum Gasteiger partial charge on any atom is -0.462 e. The first-order chi connectivity index (χ1) is 16.4. The lowest BCUT2D eigenvalue weighted by Crippen LogP contribution is -2.29. The lowest BCUT2D eigenvalue weighted by Gasteiger charge is -2.24. The van der Waals surface area contributed by atoms with E-state index in [4.69, 9.17) is 16.2 Å². The molecule has 0 atom stereocenters. The number of hydrogen-bond donors (Lipinski definition) is 4. The Morgan fingerprint density at radius 2 is 2.03 bits per heavy atom. The number of rotatable bonds is 8. The SMILES string of the molecule is CCOC(=O)C(C=Nc1ccc(N=C(N)c2c(NC3CCCCC3)cc[nH]c2=O)cc1C)=CN. The number of aryl methyl sites for hydroxylation is 1. The number of benzene rings is 1. The fourth-order valence-corrected chi connectivity index (χ4v) is 3.89. The molecule has 9 heteroatoms. The number of nitrogens with two attached hydrogens (primary N) is 2. The van der Waals surface area contributed by atoms with Crippen molar-refractivity contribution in [2.24, 2.45) is 21.5 Å². The fraction of sp³-hybridized carbons (Fsp3) is 0.360. The topological polar surface area (TPSA) is 148 Å².